The molecule has 0 radical (unpaired) electrons. The molecule has 0 bridgehead atoms. The number of hydrogen-bond acceptors (Lipinski definition) is 7. The van der Waals surface area contributed by atoms with Crippen molar-refractivity contribution in [1.82, 2.24) is 0 Å². The van der Waals surface area contributed by atoms with Crippen LogP contribution in [0.1, 0.15) is 22.0 Å². The van der Waals surface area contributed by atoms with E-state index >= 15 is 0 Å². The predicted molar refractivity (Wildman–Crippen MR) is 119 cm³/mol. The molecule has 0 spiro atoms. The summed E-state index contributed by atoms with van der Waals surface area (Å²) in [7, 11) is 0. The van der Waals surface area contributed by atoms with Gasteiger partial charge in [-0.2, -0.15) is 0 Å². The fraction of sp³-hybridized carbons (Fsp3) is 0.125. The number of imide groups is 1. The van der Waals surface area contributed by atoms with Crippen molar-refractivity contribution in [2.75, 3.05) is 9.96 Å². The summed E-state index contributed by atoms with van der Waals surface area (Å²) in [6, 6.07) is 19.2. The van der Waals surface area contributed by atoms with E-state index < -0.39 is 40.8 Å². The fourth-order valence-electron chi connectivity index (χ4n) is 4.46. The van der Waals surface area contributed by atoms with Gasteiger partial charge in [-0.25, -0.2) is 14.8 Å². The van der Waals surface area contributed by atoms with Crippen LogP contribution >= 0.6 is 0 Å². The lowest BCUT2D eigenvalue weighted by atomic mass is 9.88. The van der Waals surface area contributed by atoms with Crippen LogP contribution in [0.2, 0.25) is 0 Å². The number of carboxylic acids is 1. The Morgan fingerprint density at radius 3 is 2.18 bits per heavy atom. The third-order valence-electron chi connectivity index (χ3n) is 5.95. The van der Waals surface area contributed by atoms with Crippen LogP contribution in [-0.4, -0.2) is 33.9 Å². The van der Waals surface area contributed by atoms with Crippen LogP contribution < -0.4 is 9.96 Å². The van der Waals surface area contributed by atoms with Crippen molar-refractivity contribution in [3.63, 3.8) is 0 Å². The van der Waals surface area contributed by atoms with Crippen LogP contribution in [0.4, 0.5) is 17.1 Å². The lowest BCUT2D eigenvalue weighted by molar-refractivity contribution is -0.384. The molecular formula is C24H17N3O7. The maximum atomic E-state index is 13.6. The summed E-state index contributed by atoms with van der Waals surface area (Å²) in [5.74, 6) is -3.40. The first-order valence-electron chi connectivity index (χ1n) is 10.3. The molecule has 10 heteroatoms. The maximum absolute atomic E-state index is 13.6. The van der Waals surface area contributed by atoms with Gasteiger partial charge in [0.1, 0.15) is 5.92 Å². The van der Waals surface area contributed by atoms with Crippen LogP contribution in [0.15, 0.2) is 78.9 Å². The van der Waals surface area contributed by atoms with Crippen LogP contribution in [0.5, 0.6) is 0 Å². The minimum atomic E-state index is -1.19. The Kier molecular flexibility index (Phi) is 5.06. The quantitative estimate of drug-likeness (QED) is 0.349. The van der Waals surface area contributed by atoms with Crippen molar-refractivity contribution in [3.8, 4) is 0 Å². The third-order valence-corrected chi connectivity index (χ3v) is 5.95. The summed E-state index contributed by atoms with van der Waals surface area (Å²) in [6.07, 6.45) is -1.19. The molecule has 2 aliphatic heterocycles. The number of rotatable bonds is 5. The largest absolute Gasteiger partial charge is 0.478 e. The molecule has 0 aromatic heterocycles. The van der Waals surface area contributed by atoms with Crippen LogP contribution in [0, 0.1) is 16.0 Å². The molecule has 34 heavy (non-hydrogen) atoms. The molecule has 1 N–H and O–H groups in total. The van der Waals surface area contributed by atoms with Crippen LogP contribution in [-0.2, 0) is 14.4 Å². The van der Waals surface area contributed by atoms with Gasteiger partial charge in [-0.3, -0.25) is 24.5 Å². The van der Waals surface area contributed by atoms with E-state index in [-0.39, 0.29) is 16.9 Å². The van der Waals surface area contributed by atoms with Gasteiger partial charge in [0.2, 0.25) is 5.91 Å². The first-order valence-corrected chi connectivity index (χ1v) is 10.3. The van der Waals surface area contributed by atoms with E-state index in [4.69, 9.17) is 4.84 Å². The number of non-ortho nitro benzene ring substituents is 1. The van der Waals surface area contributed by atoms with Gasteiger partial charge < -0.3 is 5.11 Å². The van der Waals surface area contributed by atoms with Crippen molar-refractivity contribution in [2.45, 2.75) is 12.1 Å². The Morgan fingerprint density at radius 1 is 0.882 bits per heavy atom. The molecular weight excluding hydrogens is 442 g/mol. The van der Waals surface area contributed by atoms with Gasteiger partial charge in [0.25, 0.3) is 11.6 Å². The first-order chi connectivity index (χ1) is 16.4. The van der Waals surface area contributed by atoms with Gasteiger partial charge in [-0.05, 0) is 35.9 Å². The van der Waals surface area contributed by atoms with E-state index in [2.05, 4.69) is 0 Å². The van der Waals surface area contributed by atoms with Crippen molar-refractivity contribution in [1.29, 1.82) is 0 Å². The van der Waals surface area contributed by atoms with Gasteiger partial charge in [0.15, 0.2) is 6.10 Å². The first kappa shape index (κ1) is 21.3. The number of fused-ring (bicyclic) bond motifs is 1. The number of carboxylic acid groups (broad SMARTS) is 1. The zero-order chi connectivity index (χ0) is 24.0. The van der Waals surface area contributed by atoms with E-state index in [9.17, 15) is 29.6 Å². The van der Waals surface area contributed by atoms with Crippen LogP contribution in [0.25, 0.3) is 0 Å². The number of amides is 2. The second kappa shape index (κ2) is 8.09. The Hall–Kier alpha value is -4.57. The predicted octanol–water partition coefficient (Wildman–Crippen LogP) is 3.34. The number of para-hydroxylation sites is 1. The molecule has 2 amide bonds. The average molecular weight is 459 g/mol. The Labute approximate surface area is 192 Å². The summed E-state index contributed by atoms with van der Waals surface area (Å²) in [6.45, 7) is 0. The maximum Gasteiger partial charge on any atom is 0.336 e. The average Bonchev–Trinajstić information content (AvgIpc) is 3.35. The molecule has 0 aliphatic carbocycles. The van der Waals surface area contributed by atoms with Crippen molar-refractivity contribution < 1.29 is 29.3 Å². The van der Waals surface area contributed by atoms with E-state index in [1.165, 1.54) is 35.4 Å². The number of nitrogens with zero attached hydrogens (tertiary/aromatic N) is 3. The topological polar surface area (TPSA) is 130 Å². The summed E-state index contributed by atoms with van der Waals surface area (Å²) in [4.78, 5) is 56.1. The lowest BCUT2D eigenvalue weighted by Gasteiger charge is -2.29. The Morgan fingerprint density at radius 2 is 1.53 bits per heavy atom. The number of nitro groups is 1. The molecule has 3 atom stereocenters. The highest BCUT2D eigenvalue weighted by Gasteiger charge is 2.60. The molecule has 170 valence electrons. The molecule has 3 aromatic rings. The van der Waals surface area contributed by atoms with Gasteiger partial charge in [0, 0.05) is 12.1 Å². The van der Waals surface area contributed by atoms with E-state index in [1.807, 2.05) is 0 Å². The summed E-state index contributed by atoms with van der Waals surface area (Å²) in [5.41, 5.74) is 0.882. The highest BCUT2D eigenvalue weighted by atomic mass is 16.7. The highest BCUT2D eigenvalue weighted by molar-refractivity contribution is 6.24. The molecule has 2 heterocycles. The molecule has 2 aliphatic rings. The van der Waals surface area contributed by atoms with E-state index in [0.29, 0.717) is 11.3 Å². The zero-order valence-electron chi connectivity index (χ0n) is 17.5. The molecule has 2 fully saturated rings. The molecule has 3 aromatic carbocycles. The molecule has 10 nitrogen and oxygen atoms in total. The Balaban J connectivity index is 1.60. The number of carbonyl (C=O) groups is 3. The number of benzene rings is 3. The fourth-order valence-corrected chi connectivity index (χ4v) is 4.46. The smallest absolute Gasteiger partial charge is 0.336 e. The normalized spacial score (nSPS) is 21.6. The number of carbonyl (C=O) groups excluding carboxylic acids is 2. The monoisotopic (exact) mass is 459 g/mol. The summed E-state index contributed by atoms with van der Waals surface area (Å²) >= 11 is 0. The number of nitro benzene ring substituents is 1. The number of anilines is 2. The second-order valence-corrected chi connectivity index (χ2v) is 7.84. The lowest BCUT2D eigenvalue weighted by Crippen LogP contribution is -2.37. The highest BCUT2D eigenvalue weighted by Crippen LogP contribution is 2.48. The zero-order valence-corrected chi connectivity index (χ0v) is 17.5. The third kappa shape index (κ3) is 3.28. The summed E-state index contributed by atoms with van der Waals surface area (Å²) < 4.78 is 0. The van der Waals surface area contributed by atoms with Gasteiger partial charge in [-0.15, -0.1) is 0 Å². The van der Waals surface area contributed by atoms with Crippen molar-refractivity contribution in [3.05, 3.63) is 100 Å². The van der Waals surface area contributed by atoms with Crippen LogP contribution in [0.3, 0.4) is 0 Å². The minimum Gasteiger partial charge on any atom is -0.478 e. The number of hydroxylamine groups is 1. The van der Waals surface area contributed by atoms with E-state index in [0.717, 1.165) is 4.90 Å². The van der Waals surface area contributed by atoms with Gasteiger partial charge >= 0.3 is 5.97 Å². The standard InChI is InChI=1S/C24H17N3O7/c28-22-19-20(17-8-4-5-9-18(17)24(30)31)26(15-6-2-1-3-7-15)34-21(19)23(29)25(22)14-10-12-16(13-11-14)27(32)33/h1-13,19-21H,(H,30,31)/t19-,20+,21+/m0/s1. The van der Waals surface area contributed by atoms with Crippen molar-refractivity contribution >= 4 is 34.8 Å². The van der Waals surface area contributed by atoms with Crippen molar-refractivity contribution in [2.24, 2.45) is 5.92 Å². The van der Waals surface area contributed by atoms with Gasteiger partial charge in [0.05, 0.1) is 27.9 Å². The number of hydrogen-bond donors (Lipinski definition) is 1. The second-order valence-electron chi connectivity index (χ2n) is 7.84. The molecule has 5 rings (SSSR count). The summed E-state index contributed by atoms with van der Waals surface area (Å²) in [5, 5.41) is 22.1. The molecule has 2 saturated heterocycles. The SMILES string of the molecule is O=C(O)c1ccccc1[C@@H]1[C@@H]2C(=O)N(c3ccc([N+](=O)[O-])cc3)C(=O)[C@@H]2ON1c1ccccc1. The Bertz CT molecular complexity index is 1310. The molecule has 0 unspecified atom stereocenters. The number of aromatic carboxylic acids is 1. The van der Waals surface area contributed by atoms with E-state index in [1.54, 1.807) is 48.5 Å². The minimum absolute atomic E-state index is 0.00767. The molecule has 0 saturated carbocycles. The van der Waals surface area contributed by atoms with Gasteiger partial charge in [-0.1, -0.05) is 36.4 Å².